The predicted molar refractivity (Wildman–Crippen MR) is 59.1 cm³/mol. The summed E-state index contributed by atoms with van der Waals surface area (Å²) in [6.45, 7) is 1.21. The van der Waals surface area contributed by atoms with Crippen LogP contribution >= 0.6 is 0 Å². The molecule has 1 aromatic rings. The summed E-state index contributed by atoms with van der Waals surface area (Å²) in [4.78, 5) is 14.8. The standard InChI is InChI=1S/C11H12F4N2O3/c1-2-19-8(18)3-7-9(12)10(20-11(13,14)15)6(4-16)5-17-7/h5H,2-4,16H2,1H3. The third-order valence-electron chi connectivity index (χ3n) is 2.18. The fraction of sp³-hybridized carbons (Fsp3) is 0.455. The van der Waals surface area contributed by atoms with Crippen LogP contribution in [-0.2, 0) is 22.5 Å². The van der Waals surface area contributed by atoms with E-state index >= 15 is 0 Å². The summed E-state index contributed by atoms with van der Waals surface area (Å²) in [5.41, 5.74) is 4.43. The number of esters is 1. The molecule has 0 bridgehead atoms. The quantitative estimate of drug-likeness (QED) is 0.661. The molecule has 20 heavy (non-hydrogen) atoms. The number of carbonyl (C=O) groups excluding carboxylic acids is 1. The molecule has 112 valence electrons. The van der Waals surface area contributed by atoms with E-state index in [9.17, 15) is 22.4 Å². The van der Waals surface area contributed by atoms with Crippen LogP contribution in [0.25, 0.3) is 0 Å². The van der Waals surface area contributed by atoms with Gasteiger partial charge in [-0.05, 0) is 6.92 Å². The van der Waals surface area contributed by atoms with Gasteiger partial charge in [-0.25, -0.2) is 4.39 Å². The molecule has 0 spiro atoms. The molecule has 1 heterocycles. The first-order chi connectivity index (χ1) is 9.28. The minimum Gasteiger partial charge on any atom is -0.466 e. The Labute approximate surface area is 111 Å². The van der Waals surface area contributed by atoms with Gasteiger partial charge in [0.25, 0.3) is 0 Å². The third-order valence-corrected chi connectivity index (χ3v) is 2.18. The van der Waals surface area contributed by atoms with E-state index < -0.39 is 42.6 Å². The van der Waals surface area contributed by atoms with Crippen LogP contribution in [0.5, 0.6) is 5.75 Å². The summed E-state index contributed by atoms with van der Waals surface area (Å²) in [5, 5.41) is 0. The average molecular weight is 296 g/mol. The molecule has 0 aliphatic rings. The highest BCUT2D eigenvalue weighted by Crippen LogP contribution is 2.30. The van der Waals surface area contributed by atoms with Gasteiger partial charge in [-0.15, -0.1) is 13.2 Å². The van der Waals surface area contributed by atoms with Crippen molar-refractivity contribution in [3.05, 3.63) is 23.3 Å². The molecule has 0 atom stereocenters. The second-order valence-corrected chi connectivity index (χ2v) is 3.61. The van der Waals surface area contributed by atoms with Gasteiger partial charge in [-0.2, -0.15) is 0 Å². The van der Waals surface area contributed by atoms with Gasteiger partial charge in [0.1, 0.15) is 0 Å². The number of alkyl halides is 3. The van der Waals surface area contributed by atoms with Crippen LogP contribution in [0, 0.1) is 5.82 Å². The highest BCUT2D eigenvalue weighted by Gasteiger charge is 2.34. The number of hydrogen-bond donors (Lipinski definition) is 1. The van der Waals surface area contributed by atoms with Crippen LogP contribution in [0.3, 0.4) is 0 Å². The Morgan fingerprint density at radius 1 is 1.45 bits per heavy atom. The Hall–Kier alpha value is -1.90. The average Bonchev–Trinajstić information content (AvgIpc) is 2.33. The van der Waals surface area contributed by atoms with E-state index in [0.29, 0.717) is 0 Å². The summed E-state index contributed by atoms with van der Waals surface area (Å²) < 4.78 is 58.7. The van der Waals surface area contributed by atoms with Crippen molar-refractivity contribution in [2.24, 2.45) is 5.73 Å². The van der Waals surface area contributed by atoms with Gasteiger partial charge in [0, 0.05) is 18.3 Å². The van der Waals surface area contributed by atoms with Crippen molar-refractivity contribution in [1.29, 1.82) is 0 Å². The van der Waals surface area contributed by atoms with Crippen LogP contribution < -0.4 is 10.5 Å². The molecule has 0 amide bonds. The number of ether oxygens (including phenoxy) is 2. The van der Waals surface area contributed by atoms with Crippen LogP contribution in [0.15, 0.2) is 6.20 Å². The third kappa shape index (κ3) is 4.34. The lowest BCUT2D eigenvalue weighted by molar-refractivity contribution is -0.275. The zero-order valence-electron chi connectivity index (χ0n) is 10.5. The molecular weight excluding hydrogens is 284 g/mol. The van der Waals surface area contributed by atoms with E-state index in [1.807, 2.05) is 0 Å². The fourth-order valence-corrected chi connectivity index (χ4v) is 1.39. The number of nitrogens with two attached hydrogens (primary N) is 1. The van der Waals surface area contributed by atoms with Gasteiger partial charge < -0.3 is 15.2 Å². The molecule has 0 aromatic carbocycles. The van der Waals surface area contributed by atoms with Crippen molar-refractivity contribution in [3.63, 3.8) is 0 Å². The zero-order valence-corrected chi connectivity index (χ0v) is 10.5. The maximum absolute atomic E-state index is 13.9. The Kier molecular flexibility index (Phi) is 5.26. The van der Waals surface area contributed by atoms with E-state index in [1.165, 1.54) is 6.92 Å². The second kappa shape index (κ2) is 6.51. The molecule has 1 rings (SSSR count). The van der Waals surface area contributed by atoms with Gasteiger partial charge >= 0.3 is 12.3 Å². The van der Waals surface area contributed by atoms with E-state index in [4.69, 9.17) is 5.73 Å². The lowest BCUT2D eigenvalue weighted by Gasteiger charge is -2.14. The highest BCUT2D eigenvalue weighted by atomic mass is 19.4. The Morgan fingerprint density at radius 3 is 2.60 bits per heavy atom. The molecule has 0 aliphatic heterocycles. The van der Waals surface area contributed by atoms with E-state index in [-0.39, 0.29) is 12.2 Å². The molecule has 2 N–H and O–H groups in total. The maximum Gasteiger partial charge on any atom is 0.573 e. The van der Waals surface area contributed by atoms with E-state index in [1.54, 1.807) is 0 Å². The SMILES string of the molecule is CCOC(=O)Cc1ncc(CN)c(OC(F)(F)F)c1F. The lowest BCUT2D eigenvalue weighted by Crippen LogP contribution is -2.21. The van der Waals surface area contributed by atoms with Gasteiger partial charge in [0.15, 0.2) is 11.6 Å². The number of carbonyl (C=O) groups is 1. The largest absolute Gasteiger partial charge is 0.573 e. The minimum absolute atomic E-state index is 0.0627. The number of aromatic nitrogens is 1. The molecule has 5 nitrogen and oxygen atoms in total. The summed E-state index contributed by atoms with van der Waals surface area (Å²) in [6, 6.07) is 0. The zero-order chi connectivity index (χ0) is 15.3. The van der Waals surface area contributed by atoms with Crippen molar-refractivity contribution in [2.45, 2.75) is 26.3 Å². The monoisotopic (exact) mass is 296 g/mol. The topological polar surface area (TPSA) is 74.4 Å². The highest BCUT2D eigenvalue weighted by molar-refractivity contribution is 5.72. The molecule has 1 aromatic heterocycles. The molecule has 0 radical (unpaired) electrons. The first-order valence-corrected chi connectivity index (χ1v) is 5.56. The van der Waals surface area contributed by atoms with Crippen LogP contribution in [0.4, 0.5) is 17.6 Å². The van der Waals surface area contributed by atoms with Gasteiger partial charge in [0.05, 0.1) is 18.7 Å². The van der Waals surface area contributed by atoms with Crippen molar-refractivity contribution >= 4 is 5.97 Å². The Balaban J connectivity index is 3.11. The maximum atomic E-state index is 13.9. The molecule has 0 aliphatic carbocycles. The Morgan fingerprint density at radius 2 is 2.10 bits per heavy atom. The molecule has 0 fully saturated rings. The van der Waals surface area contributed by atoms with Crippen LogP contribution in [-0.4, -0.2) is 23.9 Å². The summed E-state index contributed by atoms with van der Waals surface area (Å²) in [5.74, 6) is -3.26. The van der Waals surface area contributed by atoms with Gasteiger partial charge in [-0.1, -0.05) is 0 Å². The first-order valence-electron chi connectivity index (χ1n) is 5.56. The Bertz CT molecular complexity index is 491. The normalized spacial score (nSPS) is 11.3. The smallest absolute Gasteiger partial charge is 0.466 e. The van der Waals surface area contributed by atoms with Crippen molar-refractivity contribution in [3.8, 4) is 5.75 Å². The van der Waals surface area contributed by atoms with Crippen molar-refractivity contribution < 1.29 is 31.8 Å². The minimum atomic E-state index is -5.08. The number of rotatable bonds is 5. The summed E-state index contributed by atoms with van der Waals surface area (Å²) in [6.07, 6.45) is -4.75. The second-order valence-electron chi connectivity index (χ2n) is 3.61. The number of nitrogens with zero attached hydrogens (tertiary/aromatic N) is 1. The molecule has 9 heteroatoms. The number of hydrogen-bond acceptors (Lipinski definition) is 5. The molecule has 0 saturated carbocycles. The lowest BCUT2D eigenvalue weighted by atomic mass is 10.2. The van der Waals surface area contributed by atoms with Crippen molar-refractivity contribution in [2.75, 3.05) is 6.61 Å². The number of pyridine rings is 1. The fourth-order valence-electron chi connectivity index (χ4n) is 1.39. The van der Waals surface area contributed by atoms with E-state index in [0.717, 1.165) is 6.20 Å². The molecule has 0 unspecified atom stereocenters. The van der Waals surface area contributed by atoms with Crippen LogP contribution in [0.2, 0.25) is 0 Å². The summed E-state index contributed by atoms with van der Waals surface area (Å²) in [7, 11) is 0. The summed E-state index contributed by atoms with van der Waals surface area (Å²) >= 11 is 0. The predicted octanol–water partition coefficient (Wildman–Crippen LogP) is 1.68. The van der Waals surface area contributed by atoms with Gasteiger partial charge in [-0.3, -0.25) is 9.78 Å². The number of halogens is 4. The van der Waals surface area contributed by atoms with Crippen LogP contribution in [0.1, 0.15) is 18.2 Å². The van der Waals surface area contributed by atoms with E-state index in [2.05, 4.69) is 14.5 Å². The van der Waals surface area contributed by atoms with Gasteiger partial charge in [0.2, 0.25) is 0 Å². The first kappa shape index (κ1) is 16.2. The molecule has 0 saturated heterocycles. The van der Waals surface area contributed by atoms with Crippen molar-refractivity contribution in [1.82, 2.24) is 4.98 Å². The molecular formula is C11H12F4N2O3.